The van der Waals surface area contributed by atoms with Gasteiger partial charge in [0, 0.05) is 16.6 Å². The van der Waals surface area contributed by atoms with Crippen molar-refractivity contribution in [1.29, 1.82) is 0 Å². The molecule has 2 rings (SSSR count). The smallest absolute Gasteiger partial charge is 0.123 e. The second kappa shape index (κ2) is 5.69. The van der Waals surface area contributed by atoms with E-state index >= 15 is 0 Å². The molecule has 0 aromatic heterocycles. The third kappa shape index (κ3) is 2.82. The molecule has 0 saturated carbocycles. The molecule has 1 aliphatic heterocycles. The van der Waals surface area contributed by atoms with Crippen LogP contribution in [0, 0.1) is 0 Å². The van der Waals surface area contributed by atoms with Gasteiger partial charge < -0.3 is 0 Å². The van der Waals surface area contributed by atoms with Gasteiger partial charge in [-0.1, -0.05) is 29.3 Å². The molecule has 0 bridgehead atoms. The number of alkyl halides is 2. The van der Waals surface area contributed by atoms with Crippen LogP contribution in [-0.2, 0) is 0 Å². The molecule has 0 amide bonds. The zero-order valence-electron chi connectivity index (χ0n) is 10.6. The van der Waals surface area contributed by atoms with E-state index in [1.807, 2.05) is 24.9 Å². The van der Waals surface area contributed by atoms with Crippen LogP contribution in [0.25, 0.3) is 0 Å². The number of hydrazone groups is 1. The van der Waals surface area contributed by atoms with Crippen molar-refractivity contribution < 1.29 is 0 Å². The molecule has 104 valence electrons. The van der Waals surface area contributed by atoms with Gasteiger partial charge in [0.2, 0.25) is 0 Å². The fourth-order valence-electron chi connectivity index (χ4n) is 2.11. The minimum atomic E-state index is -0.741. The molecule has 0 spiro atoms. The van der Waals surface area contributed by atoms with Crippen LogP contribution in [0.5, 0.6) is 0 Å². The van der Waals surface area contributed by atoms with E-state index in [0.717, 1.165) is 17.8 Å². The van der Waals surface area contributed by atoms with Crippen LogP contribution >= 0.6 is 46.4 Å². The Kier molecular flexibility index (Phi) is 4.56. The number of halogens is 4. The third-order valence-corrected chi connectivity index (χ3v) is 5.20. The fourth-order valence-corrected chi connectivity index (χ4v) is 3.39. The molecule has 1 heterocycles. The van der Waals surface area contributed by atoms with E-state index in [9.17, 15) is 0 Å². The fraction of sp³-hybridized carbons (Fsp3) is 0.462. The molecule has 0 aliphatic carbocycles. The van der Waals surface area contributed by atoms with Gasteiger partial charge in [-0.25, -0.2) is 0 Å². The van der Waals surface area contributed by atoms with Crippen LogP contribution in [0.2, 0.25) is 10.0 Å². The highest BCUT2D eigenvalue weighted by Crippen LogP contribution is 2.44. The van der Waals surface area contributed by atoms with Crippen LogP contribution in [0.3, 0.4) is 0 Å². The predicted octanol–water partition coefficient (Wildman–Crippen LogP) is 4.96. The molecule has 19 heavy (non-hydrogen) atoms. The van der Waals surface area contributed by atoms with Gasteiger partial charge in [-0.3, -0.25) is 5.01 Å². The second-order valence-corrected chi connectivity index (χ2v) is 6.51. The highest BCUT2D eigenvalue weighted by molar-refractivity contribution is 6.43. The topological polar surface area (TPSA) is 15.6 Å². The molecule has 0 N–H and O–H groups in total. The van der Waals surface area contributed by atoms with Gasteiger partial charge in [-0.05, 0) is 31.5 Å². The van der Waals surface area contributed by atoms with Gasteiger partial charge in [0.15, 0.2) is 0 Å². The molecule has 0 fully saturated rings. The normalized spacial score (nSPS) is 24.5. The summed E-state index contributed by atoms with van der Waals surface area (Å²) in [6.07, 6.45) is 0. The summed E-state index contributed by atoms with van der Waals surface area (Å²) in [5.74, 6) is 0. The Hall–Kier alpha value is -0.150. The van der Waals surface area contributed by atoms with Crippen LogP contribution in [0.1, 0.15) is 24.8 Å². The van der Waals surface area contributed by atoms with E-state index in [1.54, 1.807) is 12.1 Å². The van der Waals surface area contributed by atoms with Crippen molar-refractivity contribution in [1.82, 2.24) is 5.01 Å². The van der Waals surface area contributed by atoms with E-state index < -0.39 is 10.3 Å². The van der Waals surface area contributed by atoms with E-state index in [2.05, 4.69) is 5.10 Å². The minimum absolute atomic E-state index is 0.459. The molecule has 1 aromatic rings. The largest absolute Gasteiger partial charge is 0.295 e. The molecular formula is C13H14Cl4N2. The van der Waals surface area contributed by atoms with Gasteiger partial charge in [-0.2, -0.15) is 5.10 Å². The Balaban J connectivity index is 2.34. The van der Waals surface area contributed by atoms with Crippen molar-refractivity contribution in [2.45, 2.75) is 24.1 Å². The van der Waals surface area contributed by atoms with Crippen molar-refractivity contribution in [2.24, 2.45) is 5.10 Å². The maximum absolute atomic E-state index is 6.70. The summed E-state index contributed by atoms with van der Waals surface area (Å²) < 4.78 is 0. The van der Waals surface area contributed by atoms with Crippen LogP contribution in [0.15, 0.2) is 23.3 Å². The molecule has 1 aliphatic rings. The van der Waals surface area contributed by atoms with Gasteiger partial charge in [-0.15, -0.1) is 23.2 Å². The first-order valence-corrected chi connectivity index (χ1v) is 7.54. The van der Waals surface area contributed by atoms with Gasteiger partial charge in [0.1, 0.15) is 4.87 Å². The Labute approximate surface area is 133 Å². The lowest BCUT2D eigenvalue weighted by atomic mass is 9.94. The van der Waals surface area contributed by atoms with Gasteiger partial charge in [0.05, 0.1) is 17.6 Å². The minimum Gasteiger partial charge on any atom is -0.295 e. The van der Waals surface area contributed by atoms with Gasteiger partial charge >= 0.3 is 0 Å². The van der Waals surface area contributed by atoms with E-state index in [4.69, 9.17) is 46.4 Å². The molecule has 0 radical (unpaired) electrons. The zero-order valence-corrected chi connectivity index (χ0v) is 13.7. The van der Waals surface area contributed by atoms with Crippen molar-refractivity contribution in [3.8, 4) is 0 Å². The predicted molar refractivity (Wildman–Crippen MR) is 84.0 cm³/mol. The highest BCUT2D eigenvalue weighted by atomic mass is 35.5. The maximum Gasteiger partial charge on any atom is 0.123 e. The van der Waals surface area contributed by atoms with Crippen LogP contribution < -0.4 is 0 Å². The van der Waals surface area contributed by atoms with Crippen LogP contribution in [0.4, 0.5) is 0 Å². The van der Waals surface area contributed by atoms with Crippen molar-refractivity contribution in [2.75, 3.05) is 13.1 Å². The molecular weight excluding hydrogens is 326 g/mol. The summed E-state index contributed by atoms with van der Waals surface area (Å²) in [6, 6.07) is 5.25. The van der Waals surface area contributed by atoms with E-state index in [0.29, 0.717) is 16.6 Å². The Morgan fingerprint density at radius 2 is 2.11 bits per heavy atom. The monoisotopic (exact) mass is 338 g/mol. The molecule has 6 heteroatoms. The zero-order chi connectivity index (χ0) is 14.2. The van der Waals surface area contributed by atoms with E-state index in [1.165, 1.54) is 0 Å². The lowest BCUT2D eigenvalue weighted by Gasteiger charge is -2.28. The number of hydrogen-bond acceptors (Lipinski definition) is 2. The average Bonchev–Trinajstić information content (AvgIpc) is 2.66. The Bertz CT molecular complexity index is 517. The SMILES string of the molecule is CCN1CC(Cl)(C(Cl)c2ccc(Cl)cc2Cl)C(C)=N1. The summed E-state index contributed by atoms with van der Waals surface area (Å²) in [4.78, 5) is -0.741. The first-order valence-electron chi connectivity index (χ1n) is 5.97. The third-order valence-electron chi connectivity index (χ3n) is 3.31. The Morgan fingerprint density at radius 3 is 2.63 bits per heavy atom. The van der Waals surface area contributed by atoms with Crippen LogP contribution in [-0.4, -0.2) is 28.7 Å². The standard InChI is InChI=1S/C13H14Cl4N2/c1-3-19-7-13(17,8(2)18-19)12(16)10-5-4-9(14)6-11(10)15/h4-6,12H,3,7H2,1-2H3. The first-order chi connectivity index (χ1) is 8.88. The number of benzene rings is 1. The van der Waals surface area contributed by atoms with Crippen molar-refractivity contribution in [3.05, 3.63) is 33.8 Å². The quantitative estimate of drug-likeness (QED) is 0.710. The van der Waals surface area contributed by atoms with Gasteiger partial charge in [0.25, 0.3) is 0 Å². The van der Waals surface area contributed by atoms with Crippen molar-refractivity contribution in [3.63, 3.8) is 0 Å². The lowest BCUT2D eigenvalue weighted by Crippen LogP contribution is -2.38. The molecule has 2 atom stereocenters. The lowest BCUT2D eigenvalue weighted by molar-refractivity contribution is 0.316. The van der Waals surface area contributed by atoms with E-state index in [-0.39, 0.29) is 0 Å². The first kappa shape index (κ1) is 15.2. The summed E-state index contributed by atoms with van der Waals surface area (Å²) >= 11 is 25.4. The maximum atomic E-state index is 6.70. The summed E-state index contributed by atoms with van der Waals surface area (Å²) in [5, 5.41) is 6.96. The number of rotatable bonds is 3. The number of hydrogen-bond donors (Lipinski definition) is 0. The summed E-state index contributed by atoms with van der Waals surface area (Å²) in [7, 11) is 0. The molecule has 1 aromatic carbocycles. The molecule has 0 saturated heterocycles. The van der Waals surface area contributed by atoms with Crippen molar-refractivity contribution >= 4 is 52.1 Å². The summed E-state index contributed by atoms with van der Waals surface area (Å²) in [5.41, 5.74) is 1.58. The molecule has 2 nitrogen and oxygen atoms in total. The molecule has 2 unspecified atom stereocenters. The second-order valence-electron chi connectivity index (χ2n) is 4.56. The number of nitrogens with zero attached hydrogens (tertiary/aromatic N) is 2. The Morgan fingerprint density at radius 1 is 1.42 bits per heavy atom. The average molecular weight is 340 g/mol. The highest BCUT2D eigenvalue weighted by Gasteiger charge is 2.45. The summed E-state index contributed by atoms with van der Waals surface area (Å²) in [6.45, 7) is 5.29.